The van der Waals surface area contributed by atoms with Crippen molar-refractivity contribution in [3.8, 4) is 11.3 Å². The monoisotopic (exact) mass is 236 g/mol. The van der Waals surface area contributed by atoms with Crippen molar-refractivity contribution >= 4 is 17.4 Å². The highest BCUT2D eigenvalue weighted by molar-refractivity contribution is 6.30. The maximum absolute atomic E-state index is 5.85. The van der Waals surface area contributed by atoms with E-state index in [0.717, 1.165) is 11.3 Å². The van der Waals surface area contributed by atoms with Crippen molar-refractivity contribution in [2.45, 2.75) is 19.9 Å². The van der Waals surface area contributed by atoms with Crippen LogP contribution in [0.5, 0.6) is 0 Å². The van der Waals surface area contributed by atoms with Gasteiger partial charge in [0.25, 0.3) is 0 Å². The molecule has 0 bridgehead atoms. The van der Waals surface area contributed by atoms with E-state index >= 15 is 0 Å². The largest absolute Gasteiger partial charge is 0.380 e. The van der Waals surface area contributed by atoms with Crippen LogP contribution in [0.4, 0.5) is 5.82 Å². The molecular formula is C11H13ClN4. The Balaban J connectivity index is 2.54. The number of benzene rings is 1. The lowest BCUT2D eigenvalue weighted by Gasteiger charge is -2.09. The molecular weight excluding hydrogens is 224 g/mol. The van der Waals surface area contributed by atoms with Crippen molar-refractivity contribution < 1.29 is 0 Å². The van der Waals surface area contributed by atoms with Gasteiger partial charge in [-0.25, -0.2) is 4.68 Å². The molecule has 5 heteroatoms. The van der Waals surface area contributed by atoms with Gasteiger partial charge in [0.2, 0.25) is 0 Å². The predicted octanol–water partition coefficient (Wildman–Crippen LogP) is 2.76. The van der Waals surface area contributed by atoms with Crippen LogP contribution in [0, 0.1) is 0 Å². The molecule has 4 nitrogen and oxygen atoms in total. The van der Waals surface area contributed by atoms with Crippen LogP contribution in [0.1, 0.15) is 19.9 Å². The fraction of sp³-hybridized carbons (Fsp3) is 0.273. The molecule has 0 aliphatic heterocycles. The topological polar surface area (TPSA) is 56.7 Å². The number of halogens is 1. The van der Waals surface area contributed by atoms with Crippen molar-refractivity contribution in [1.29, 1.82) is 0 Å². The Labute approximate surface area is 99.0 Å². The molecule has 1 heterocycles. The molecule has 0 atom stereocenters. The first-order valence-electron chi connectivity index (χ1n) is 5.06. The number of hydrogen-bond acceptors (Lipinski definition) is 3. The fourth-order valence-electron chi connectivity index (χ4n) is 1.56. The predicted molar refractivity (Wildman–Crippen MR) is 65.3 cm³/mol. The van der Waals surface area contributed by atoms with Crippen LogP contribution in [0.3, 0.4) is 0 Å². The van der Waals surface area contributed by atoms with Gasteiger partial charge in [-0.2, -0.15) is 0 Å². The summed E-state index contributed by atoms with van der Waals surface area (Å²) in [7, 11) is 0. The first kappa shape index (κ1) is 11.0. The third-order valence-electron chi connectivity index (χ3n) is 2.33. The zero-order valence-electron chi connectivity index (χ0n) is 9.18. The van der Waals surface area contributed by atoms with Gasteiger partial charge in [-0.05, 0) is 26.0 Å². The summed E-state index contributed by atoms with van der Waals surface area (Å²) in [6.45, 7) is 4.07. The molecule has 0 unspecified atom stereocenters. The lowest BCUT2D eigenvalue weighted by molar-refractivity contribution is 0.519. The number of nitrogens with zero attached hydrogens (tertiary/aromatic N) is 3. The second kappa shape index (κ2) is 4.14. The molecule has 0 fully saturated rings. The quantitative estimate of drug-likeness (QED) is 0.872. The van der Waals surface area contributed by atoms with E-state index in [9.17, 15) is 0 Å². The number of hydrogen-bond donors (Lipinski definition) is 1. The molecule has 0 spiro atoms. The standard InChI is InChI=1S/C11H13ClN4/c1-7(2)16-10(11(13)14-15-16)8-3-5-9(12)6-4-8/h3-7H,13H2,1-2H3. The molecule has 0 amide bonds. The summed E-state index contributed by atoms with van der Waals surface area (Å²) >= 11 is 5.85. The van der Waals surface area contributed by atoms with Crippen LogP contribution >= 0.6 is 11.6 Å². The Morgan fingerprint density at radius 2 is 1.88 bits per heavy atom. The van der Waals surface area contributed by atoms with Crippen LogP contribution < -0.4 is 5.73 Å². The van der Waals surface area contributed by atoms with Gasteiger partial charge in [-0.1, -0.05) is 28.9 Å². The molecule has 1 aromatic carbocycles. The molecule has 2 aromatic rings. The highest BCUT2D eigenvalue weighted by atomic mass is 35.5. The minimum Gasteiger partial charge on any atom is -0.380 e. The number of anilines is 1. The third-order valence-corrected chi connectivity index (χ3v) is 2.58. The summed E-state index contributed by atoms with van der Waals surface area (Å²) in [4.78, 5) is 0. The fourth-order valence-corrected chi connectivity index (χ4v) is 1.68. The van der Waals surface area contributed by atoms with Crippen LogP contribution in [-0.2, 0) is 0 Å². The first-order valence-corrected chi connectivity index (χ1v) is 5.44. The average molecular weight is 237 g/mol. The molecule has 0 aliphatic carbocycles. The molecule has 0 saturated carbocycles. The summed E-state index contributed by atoms with van der Waals surface area (Å²) in [6, 6.07) is 7.70. The summed E-state index contributed by atoms with van der Waals surface area (Å²) in [5.41, 5.74) is 7.63. The molecule has 0 saturated heterocycles. The Kier molecular flexibility index (Phi) is 2.83. The van der Waals surface area contributed by atoms with Crippen LogP contribution in [0.25, 0.3) is 11.3 Å². The molecule has 0 aliphatic rings. The second-order valence-electron chi connectivity index (χ2n) is 3.87. The summed E-state index contributed by atoms with van der Waals surface area (Å²) < 4.78 is 1.80. The zero-order chi connectivity index (χ0) is 11.7. The Hall–Kier alpha value is -1.55. The van der Waals surface area contributed by atoms with E-state index in [4.69, 9.17) is 17.3 Å². The van der Waals surface area contributed by atoms with Gasteiger partial charge >= 0.3 is 0 Å². The molecule has 2 rings (SSSR count). The van der Waals surface area contributed by atoms with Gasteiger partial charge in [0.05, 0.1) is 0 Å². The second-order valence-corrected chi connectivity index (χ2v) is 4.30. The Morgan fingerprint density at radius 1 is 1.25 bits per heavy atom. The van der Waals surface area contributed by atoms with E-state index in [1.54, 1.807) is 4.68 Å². The van der Waals surface area contributed by atoms with Gasteiger partial charge < -0.3 is 5.73 Å². The first-order chi connectivity index (χ1) is 7.59. The summed E-state index contributed by atoms with van der Waals surface area (Å²) in [5.74, 6) is 0.441. The van der Waals surface area contributed by atoms with E-state index in [-0.39, 0.29) is 6.04 Å². The van der Waals surface area contributed by atoms with Gasteiger partial charge in [0.15, 0.2) is 5.82 Å². The Morgan fingerprint density at radius 3 is 2.44 bits per heavy atom. The van der Waals surface area contributed by atoms with E-state index in [2.05, 4.69) is 10.3 Å². The van der Waals surface area contributed by atoms with Crippen LogP contribution in [0.15, 0.2) is 24.3 Å². The highest BCUT2D eigenvalue weighted by Crippen LogP contribution is 2.27. The summed E-state index contributed by atoms with van der Waals surface area (Å²) in [6.07, 6.45) is 0. The van der Waals surface area contributed by atoms with Gasteiger partial charge in [0, 0.05) is 16.6 Å². The van der Waals surface area contributed by atoms with Crippen molar-refractivity contribution in [2.24, 2.45) is 0 Å². The van der Waals surface area contributed by atoms with Crippen molar-refractivity contribution in [2.75, 3.05) is 5.73 Å². The van der Waals surface area contributed by atoms with E-state index in [0.29, 0.717) is 10.8 Å². The average Bonchev–Trinajstić information content (AvgIpc) is 2.62. The lowest BCUT2D eigenvalue weighted by atomic mass is 10.1. The zero-order valence-corrected chi connectivity index (χ0v) is 9.94. The maximum atomic E-state index is 5.85. The molecule has 1 aromatic heterocycles. The van der Waals surface area contributed by atoms with Crippen LogP contribution in [-0.4, -0.2) is 15.0 Å². The van der Waals surface area contributed by atoms with Crippen molar-refractivity contribution in [3.05, 3.63) is 29.3 Å². The smallest absolute Gasteiger partial charge is 0.174 e. The van der Waals surface area contributed by atoms with Crippen molar-refractivity contribution in [3.63, 3.8) is 0 Å². The van der Waals surface area contributed by atoms with E-state index < -0.39 is 0 Å². The number of rotatable bonds is 2. The highest BCUT2D eigenvalue weighted by Gasteiger charge is 2.14. The molecule has 0 radical (unpaired) electrons. The van der Waals surface area contributed by atoms with Crippen molar-refractivity contribution in [1.82, 2.24) is 15.0 Å². The van der Waals surface area contributed by atoms with Crippen LogP contribution in [0.2, 0.25) is 5.02 Å². The Bertz CT molecular complexity index is 487. The minimum absolute atomic E-state index is 0.218. The SMILES string of the molecule is CC(C)n1nnc(N)c1-c1ccc(Cl)cc1. The lowest BCUT2D eigenvalue weighted by Crippen LogP contribution is -2.05. The molecule has 2 N–H and O–H groups in total. The van der Waals surface area contributed by atoms with Gasteiger partial charge in [-0.15, -0.1) is 5.10 Å². The molecule has 84 valence electrons. The number of nitrogen functional groups attached to an aromatic ring is 1. The van der Waals surface area contributed by atoms with Gasteiger partial charge in [-0.3, -0.25) is 0 Å². The number of aromatic nitrogens is 3. The molecule has 16 heavy (non-hydrogen) atoms. The van der Waals surface area contributed by atoms with E-state index in [1.807, 2.05) is 38.1 Å². The van der Waals surface area contributed by atoms with E-state index in [1.165, 1.54) is 0 Å². The van der Waals surface area contributed by atoms with Gasteiger partial charge in [0.1, 0.15) is 5.69 Å². The number of nitrogens with two attached hydrogens (primary N) is 1. The normalized spacial score (nSPS) is 11.0. The minimum atomic E-state index is 0.218. The third kappa shape index (κ3) is 1.88. The summed E-state index contributed by atoms with van der Waals surface area (Å²) in [5, 5.41) is 8.62. The maximum Gasteiger partial charge on any atom is 0.174 e.